The minimum absolute atomic E-state index is 0.00136. The van der Waals surface area contributed by atoms with Gasteiger partial charge in [-0.3, -0.25) is 9.69 Å². The highest BCUT2D eigenvalue weighted by molar-refractivity contribution is 6.30. The summed E-state index contributed by atoms with van der Waals surface area (Å²) in [5.74, 6) is -1.03. The van der Waals surface area contributed by atoms with Gasteiger partial charge in [0.1, 0.15) is 17.6 Å². The minimum atomic E-state index is -0.620. The number of nitrogens with zero attached hydrogens (tertiary/aromatic N) is 2. The third-order valence-electron chi connectivity index (χ3n) is 4.98. The zero-order chi connectivity index (χ0) is 21.0. The van der Waals surface area contributed by atoms with Crippen molar-refractivity contribution in [1.82, 2.24) is 9.80 Å². The lowest BCUT2D eigenvalue weighted by Crippen LogP contribution is -2.51. The predicted molar refractivity (Wildman–Crippen MR) is 107 cm³/mol. The molecule has 0 aromatic heterocycles. The number of benzene rings is 2. The molecule has 0 aliphatic carbocycles. The van der Waals surface area contributed by atoms with Crippen LogP contribution in [0.3, 0.4) is 0 Å². The van der Waals surface area contributed by atoms with E-state index in [0.29, 0.717) is 37.0 Å². The highest BCUT2D eigenvalue weighted by Gasteiger charge is 2.33. The lowest BCUT2D eigenvalue weighted by Gasteiger charge is -2.38. The maximum atomic E-state index is 14.2. The molecule has 154 valence electrons. The lowest BCUT2D eigenvalue weighted by molar-refractivity contribution is -0.148. The van der Waals surface area contributed by atoms with Gasteiger partial charge >= 0.3 is 5.97 Å². The van der Waals surface area contributed by atoms with Crippen molar-refractivity contribution < 1.29 is 23.5 Å². The number of halogens is 2. The second kappa shape index (κ2) is 9.24. The summed E-state index contributed by atoms with van der Waals surface area (Å²) in [7, 11) is 2.78. The van der Waals surface area contributed by atoms with Crippen molar-refractivity contribution in [3.05, 3.63) is 64.4 Å². The van der Waals surface area contributed by atoms with Crippen LogP contribution in [-0.4, -0.2) is 62.1 Å². The first kappa shape index (κ1) is 21.1. The Bertz CT molecular complexity index is 883. The molecule has 1 aliphatic rings. The van der Waals surface area contributed by atoms with Gasteiger partial charge in [-0.2, -0.15) is 0 Å². The van der Waals surface area contributed by atoms with Gasteiger partial charge in [0.05, 0.1) is 19.8 Å². The molecule has 0 bridgehead atoms. The number of carbonyl (C=O) groups is 2. The van der Waals surface area contributed by atoms with E-state index in [1.807, 2.05) is 4.90 Å². The van der Waals surface area contributed by atoms with Crippen molar-refractivity contribution in [3.63, 3.8) is 0 Å². The Balaban J connectivity index is 1.71. The van der Waals surface area contributed by atoms with Crippen molar-refractivity contribution in [3.8, 4) is 5.75 Å². The number of hydrogen-bond donors (Lipinski definition) is 0. The molecule has 0 radical (unpaired) electrons. The van der Waals surface area contributed by atoms with Crippen LogP contribution >= 0.6 is 11.6 Å². The summed E-state index contributed by atoms with van der Waals surface area (Å²) in [4.78, 5) is 28.6. The Labute approximate surface area is 173 Å². The van der Waals surface area contributed by atoms with E-state index in [1.54, 1.807) is 35.2 Å². The second-order valence-electron chi connectivity index (χ2n) is 6.65. The third kappa shape index (κ3) is 4.68. The Kier molecular flexibility index (Phi) is 6.71. The van der Waals surface area contributed by atoms with Gasteiger partial charge in [0.15, 0.2) is 0 Å². The van der Waals surface area contributed by atoms with E-state index >= 15 is 0 Å². The number of rotatable bonds is 5. The molecule has 1 amide bonds. The molecule has 1 unspecified atom stereocenters. The first-order valence-electron chi connectivity index (χ1n) is 9.14. The minimum Gasteiger partial charge on any atom is -0.497 e. The fourth-order valence-electron chi connectivity index (χ4n) is 3.40. The molecule has 6 nitrogen and oxygen atoms in total. The van der Waals surface area contributed by atoms with Crippen molar-refractivity contribution in [1.29, 1.82) is 0 Å². The van der Waals surface area contributed by atoms with Gasteiger partial charge in [0.2, 0.25) is 0 Å². The highest BCUT2D eigenvalue weighted by Crippen LogP contribution is 2.26. The molecular weight excluding hydrogens is 399 g/mol. The molecule has 2 aromatic carbocycles. The number of ether oxygens (including phenoxy) is 2. The number of hydrogen-bond acceptors (Lipinski definition) is 5. The summed E-state index contributed by atoms with van der Waals surface area (Å²) in [6, 6.07) is 10.6. The molecule has 3 rings (SSSR count). The normalized spacial score (nSPS) is 15.7. The smallest absolute Gasteiger partial charge is 0.327 e. The van der Waals surface area contributed by atoms with Gasteiger partial charge in [-0.05, 0) is 29.8 Å². The maximum Gasteiger partial charge on any atom is 0.327 e. The molecule has 0 N–H and O–H groups in total. The van der Waals surface area contributed by atoms with Gasteiger partial charge in [0, 0.05) is 37.3 Å². The fraction of sp³-hybridized carbons (Fsp3) is 0.333. The molecule has 0 saturated carbocycles. The van der Waals surface area contributed by atoms with E-state index in [1.165, 1.54) is 26.4 Å². The van der Waals surface area contributed by atoms with Crippen LogP contribution in [0.15, 0.2) is 42.5 Å². The average molecular weight is 421 g/mol. The van der Waals surface area contributed by atoms with Crippen molar-refractivity contribution in [2.45, 2.75) is 6.04 Å². The molecule has 1 saturated heterocycles. The van der Waals surface area contributed by atoms with E-state index in [9.17, 15) is 14.0 Å². The van der Waals surface area contributed by atoms with E-state index in [4.69, 9.17) is 21.1 Å². The first-order chi connectivity index (χ1) is 13.9. The lowest BCUT2D eigenvalue weighted by atomic mass is 10.0. The number of esters is 1. The van der Waals surface area contributed by atoms with Crippen LogP contribution in [0.4, 0.5) is 4.39 Å². The summed E-state index contributed by atoms with van der Waals surface area (Å²) in [6.45, 7) is 1.63. The van der Waals surface area contributed by atoms with E-state index in [0.717, 1.165) is 5.56 Å². The number of piperazine rings is 1. The van der Waals surface area contributed by atoms with E-state index in [-0.39, 0.29) is 17.4 Å². The quantitative estimate of drug-likeness (QED) is 0.695. The third-order valence-corrected chi connectivity index (χ3v) is 5.24. The molecule has 1 aliphatic heterocycles. The SMILES string of the molecule is COC(=O)C(c1ccc(Cl)cc1)N1CCN(C(=O)c2ccc(OC)cc2F)CC1. The van der Waals surface area contributed by atoms with Crippen molar-refractivity contribution in [2.24, 2.45) is 0 Å². The second-order valence-corrected chi connectivity index (χ2v) is 7.09. The maximum absolute atomic E-state index is 14.2. The number of amides is 1. The average Bonchev–Trinajstić information content (AvgIpc) is 2.75. The standard InChI is InChI=1S/C21H22ClFN2O4/c1-28-16-7-8-17(18(23)13-16)20(26)25-11-9-24(10-12-25)19(21(27)29-2)14-3-5-15(22)6-4-14/h3-8,13,19H,9-12H2,1-2H3. The summed E-state index contributed by atoms with van der Waals surface area (Å²) < 4.78 is 24.2. The van der Waals surface area contributed by atoms with Crippen LogP contribution in [0.5, 0.6) is 5.75 Å². The zero-order valence-corrected chi connectivity index (χ0v) is 17.0. The van der Waals surface area contributed by atoms with Crippen LogP contribution in [-0.2, 0) is 9.53 Å². The van der Waals surface area contributed by atoms with Gasteiger partial charge in [0.25, 0.3) is 5.91 Å². The van der Waals surface area contributed by atoms with Crippen molar-refractivity contribution >= 4 is 23.5 Å². The summed E-state index contributed by atoms with van der Waals surface area (Å²) in [5, 5.41) is 0.578. The largest absolute Gasteiger partial charge is 0.497 e. The predicted octanol–water partition coefficient (Wildman–Crippen LogP) is 3.16. The summed E-state index contributed by atoms with van der Waals surface area (Å²) in [5.41, 5.74) is 0.767. The van der Waals surface area contributed by atoms with E-state index < -0.39 is 11.9 Å². The first-order valence-corrected chi connectivity index (χ1v) is 9.52. The van der Waals surface area contributed by atoms with Gasteiger partial charge < -0.3 is 14.4 Å². The molecule has 2 aromatic rings. The van der Waals surface area contributed by atoms with Gasteiger partial charge in [-0.15, -0.1) is 0 Å². The van der Waals surface area contributed by atoms with Crippen LogP contribution in [0, 0.1) is 5.82 Å². The summed E-state index contributed by atoms with van der Waals surface area (Å²) in [6.07, 6.45) is 0. The molecule has 1 atom stereocenters. The van der Waals surface area contributed by atoms with Gasteiger partial charge in [-0.25, -0.2) is 9.18 Å². The van der Waals surface area contributed by atoms with Crippen LogP contribution < -0.4 is 4.74 Å². The molecule has 1 heterocycles. The Hall–Kier alpha value is -2.64. The van der Waals surface area contributed by atoms with Crippen LogP contribution in [0.25, 0.3) is 0 Å². The Morgan fingerprint density at radius 2 is 1.69 bits per heavy atom. The topological polar surface area (TPSA) is 59.1 Å². The zero-order valence-electron chi connectivity index (χ0n) is 16.2. The fourth-order valence-corrected chi connectivity index (χ4v) is 3.53. The number of methoxy groups -OCH3 is 2. The molecule has 8 heteroatoms. The molecular formula is C21H22ClFN2O4. The van der Waals surface area contributed by atoms with Crippen molar-refractivity contribution in [2.75, 3.05) is 40.4 Å². The highest BCUT2D eigenvalue weighted by atomic mass is 35.5. The monoisotopic (exact) mass is 420 g/mol. The van der Waals surface area contributed by atoms with Crippen LogP contribution in [0.1, 0.15) is 22.0 Å². The van der Waals surface area contributed by atoms with E-state index in [2.05, 4.69) is 0 Å². The molecule has 0 spiro atoms. The Morgan fingerprint density at radius 1 is 1.03 bits per heavy atom. The molecule has 29 heavy (non-hydrogen) atoms. The van der Waals surface area contributed by atoms with Crippen LogP contribution in [0.2, 0.25) is 5.02 Å². The summed E-state index contributed by atoms with van der Waals surface area (Å²) >= 11 is 5.95. The van der Waals surface area contributed by atoms with Gasteiger partial charge in [-0.1, -0.05) is 23.7 Å². The Morgan fingerprint density at radius 3 is 2.24 bits per heavy atom. The molecule has 1 fully saturated rings. The number of carbonyl (C=O) groups excluding carboxylic acids is 2.